The maximum atomic E-state index is 4.61. The summed E-state index contributed by atoms with van der Waals surface area (Å²) < 4.78 is 4.09. The largest absolute Gasteiger partial charge is 0.367 e. The van der Waals surface area contributed by atoms with Crippen molar-refractivity contribution in [3.05, 3.63) is 54.5 Å². The summed E-state index contributed by atoms with van der Waals surface area (Å²) >= 11 is 0. The first-order valence-corrected chi connectivity index (χ1v) is 8.24. The third kappa shape index (κ3) is 2.29. The van der Waals surface area contributed by atoms with Crippen molar-refractivity contribution in [2.45, 2.75) is 25.2 Å². The van der Waals surface area contributed by atoms with Crippen LogP contribution in [0.1, 0.15) is 30.3 Å². The van der Waals surface area contributed by atoms with Crippen LogP contribution in [0.15, 0.2) is 43.0 Å². The van der Waals surface area contributed by atoms with E-state index in [0.717, 1.165) is 41.6 Å². The van der Waals surface area contributed by atoms with Crippen LogP contribution in [-0.2, 0) is 6.42 Å². The molecule has 120 valence electrons. The molecule has 0 amide bonds. The summed E-state index contributed by atoms with van der Waals surface area (Å²) in [7, 11) is 0. The monoisotopic (exact) mass is 319 g/mol. The quantitative estimate of drug-likeness (QED) is 0.611. The molecule has 0 atom stereocenters. The highest BCUT2D eigenvalue weighted by molar-refractivity contribution is 5.62. The van der Waals surface area contributed by atoms with Crippen LogP contribution in [0.3, 0.4) is 0 Å². The zero-order chi connectivity index (χ0) is 15.9. The Bertz CT molecular complexity index is 979. The van der Waals surface area contributed by atoms with Crippen LogP contribution in [0, 0.1) is 0 Å². The van der Waals surface area contributed by atoms with Crippen LogP contribution < -0.4 is 5.32 Å². The Morgan fingerprint density at radius 3 is 3.00 bits per heavy atom. The van der Waals surface area contributed by atoms with Crippen LogP contribution in [0.4, 0.5) is 5.82 Å². The fraction of sp³-hybridized carbons (Fsp3) is 0.294. The SMILES string of the molecule is c1ccn2cc(CCNc3nccn4c(C5CC5)nnc34)nc2c1. The van der Waals surface area contributed by atoms with E-state index in [1.807, 2.05) is 35.0 Å². The molecule has 7 nitrogen and oxygen atoms in total. The van der Waals surface area contributed by atoms with Gasteiger partial charge in [0.05, 0.1) is 5.69 Å². The molecule has 1 aliphatic carbocycles. The fourth-order valence-corrected chi connectivity index (χ4v) is 3.01. The fourth-order valence-electron chi connectivity index (χ4n) is 3.01. The first kappa shape index (κ1) is 13.5. The van der Waals surface area contributed by atoms with Crippen LogP contribution in [0.5, 0.6) is 0 Å². The smallest absolute Gasteiger partial charge is 0.203 e. The predicted octanol–water partition coefficient (Wildman–Crippen LogP) is 2.30. The molecule has 4 aromatic rings. The molecular formula is C17H17N7. The van der Waals surface area contributed by atoms with Gasteiger partial charge in [0.2, 0.25) is 5.65 Å². The number of rotatable bonds is 5. The maximum Gasteiger partial charge on any atom is 0.203 e. The van der Waals surface area contributed by atoms with Crippen molar-refractivity contribution >= 4 is 17.1 Å². The molecule has 0 saturated heterocycles. The summed E-state index contributed by atoms with van der Waals surface area (Å²) in [6.07, 6.45) is 11.1. The summed E-state index contributed by atoms with van der Waals surface area (Å²) in [4.78, 5) is 9.03. The lowest BCUT2D eigenvalue weighted by atomic mass is 10.3. The Kier molecular flexibility index (Phi) is 2.97. The van der Waals surface area contributed by atoms with Crippen LogP contribution in [-0.4, -0.2) is 35.5 Å². The summed E-state index contributed by atoms with van der Waals surface area (Å²) in [6, 6.07) is 6.01. The number of anilines is 1. The molecule has 0 radical (unpaired) electrons. The maximum absolute atomic E-state index is 4.61. The minimum Gasteiger partial charge on any atom is -0.367 e. The van der Waals surface area contributed by atoms with Crippen molar-refractivity contribution in [1.82, 2.24) is 29.0 Å². The lowest BCUT2D eigenvalue weighted by molar-refractivity contribution is 0.894. The molecule has 1 saturated carbocycles. The molecule has 1 fully saturated rings. The average Bonchev–Trinajstić information content (AvgIpc) is 3.21. The molecule has 1 aliphatic rings. The number of aromatic nitrogens is 6. The highest BCUT2D eigenvalue weighted by atomic mass is 15.3. The van der Waals surface area contributed by atoms with Gasteiger partial charge in [0.25, 0.3) is 0 Å². The van der Waals surface area contributed by atoms with E-state index in [9.17, 15) is 0 Å². The van der Waals surface area contributed by atoms with Gasteiger partial charge in [0.15, 0.2) is 5.82 Å². The Morgan fingerprint density at radius 1 is 1.17 bits per heavy atom. The molecule has 4 aromatic heterocycles. The van der Waals surface area contributed by atoms with Crippen molar-refractivity contribution in [3.63, 3.8) is 0 Å². The van der Waals surface area contributed by atoms with Crippen molar-refractivity contribution in [1.29, 1.82) is 0 Å². The molecule has 0 unspecified atom stereocenters. The summed E-state index contributed by atoms with van der Waals surface area (Å²) in [6.45, 7) is 0.752. The topological polar surface area (TPSA) is 72.4 Å². The zero-order valence-corrected chi connectivity index (χ0v) is 13.1. The zero-order valence-electron chi connectivity index (χ0n) is 13.1. The Hall–Kier alpha value is -2.96. The number of nitrogens with one attached hydrogen (secondary N) is 1. The first-order valence-electron chi connectivity index (χ1n) is 8.24. The average molecular weight is 319 g/mol. The molecule has 7 heteroatoms. The van der Waals surface area contributed by atoms with E-state index in [1.165, 1.54) is 12.8 Å². The molecule has 0 aromatic carbocycles. The molecule has 0 aliphatic heterocycles. The lowest BCUT2D eigenvalue weighted by Gasteiger charge is -2.05. The van der Waals surface area contributed by atoms with E-state index in [2.05, 4.69) is 36.1 Å². The third-order valence-corrected chi connectivity index (χ3v) is 4.38. The van der Waals surface area contributed by atoms with Gasteiger partial charge in [0.1, 0.15) is 11.5 Å². The molecule has 1 N–H and O–H groups in total. The van der Waals surface area contributed by atoms with Gasteiger partial charge in [-0.2, -0.15) is 0 Å². The highest BCUT2D eigenvalue weighted by Gasteiger charge is 2.29. The van der Waals surface area contributed by atoms with E-state index in [1.54, 1.807) is 6.20 Å². The second kappa shape index (κ2) is 5.30. The molecule has 4 heterocycles. The normalized spacial score (nSPS) is 14.5. The number of hydrogen-bond acceptors (Lipinski definition) is 5. The van der Waals surface area contributed by atoms with Gasteiger partial charge in [-0.05, 0) is 25.0 Å². The Morgan fingerprint density at radius 2 is 2.12 bits per heavy atom. The number of nitrogens with zero attached hydrogens (tertiary/aromatic N) is 6. The highest BCUT2D eigenvalue weighted by Crippen LogP contribution is 2.39. The van der Waals surface area contributed by atoms with Gasteiger partial charge in [-0.15, -0.1) is 10.2 Å². The standard InChI is InChI=1S/C17H17N7/c1-2-9-23-11-13(20-14(23)3-1)6-7-18-15-17-22-21-16(12-4-5-12)24(17)10-8-19-15/h1-3,8-12H,4-7H2,(H,18,19). The molecule has 5 rings (SSSR count). The van der Waals surface area contributed by atoms with E-state index in [-0.39, 0.29) is 0 Å². The van der Waals surface area contributed by atoms with Gasteiger partial charge < -0.3 is 9.72 Å². The van der Waals surface area contributed by atoms with Gasteiger partial charge in [-0.25, -0.2) is 9.97 Å². The van der Waals surface area contributed by atoms with Gasteiger partial charge in [0, 0.05) is 43.7 Å². The molecule has 0 spiro atoms. The Labute approximate surface area is 138 Å². The van der Waals surface area contributed by atoms with Gasteiger partial charge >= 0.3 is 0 Å². The molecule has 0 bridgehead atoms. The molecular weight excluding hydrogens is 302 g/mol. The Balaban J connectivity index is 1.33. The number of fused-ring (bicyclic) bond motifs is 2. The van der Waals surface area contributed by atoms with Crippen molar-refractivity contribution < 1.29 is 0 Å². The van der Waals surface area contributed by atoms with Crippen LogP contribution in [0.2, 0.25) is 0 Å². The number of imidazole rings is 1. The van der Waals surface area contributed by atoms with E-state index >= 15 is 0 Å². The summed E-state index contributed by atoms with van der Waals surface area (Å²) in [5.74, 6) is 2.39. The lowest BCUT2D eigenvalue weighted by Crippen LogP contribution is -2.08. The van der Waals surface area contributed by atoms with E-state index < -0.39 is 0 Å². The minimum absolute atomic E-state index is 0.563. The van der Waals surface area contributed by atoms with Crippen LogP contribution >= 0.6 is 0 Å². The summed E-state index contributed by atoms with van der Waals surface area (Å²) in [5, 5.41) is 12.0. The van der Waals surface area contributed by atoms with Crippen molar-refractivity contribution in [2.24, 2.45) is 0 Å². The summed E-state index contributed by atoms with van der Waals surface area (Å²) in [5.41, 5.74) is 2.83. The second-order valence-corrected chi connectivity index (χ2v) is 6.18. The van der Waals surface area contributed by atoms with Crippen molar-refractivity contribution in [3.8, 4) is 0 Å². The first-order chi connectivity index (χ1) is 11.9. The number of hydrogen-bond donors (Lipinski definition) is 1. The van der Waals surface area contributed by atoms with Crippen molar-refractivity contribution in [2.75, 3.05) is 11.9 Å². The van der Waals surface area contributed by atoms with Crippen LogP contribution in [0.25, 0.3) is 11.3 Å². The van der Waals surface area contributed by atoms with E-state index in [0.29, 0.717) is 5.92 Å². The second-order valence-electron chi connectivity index (χ2n) is 6.18. The van der Waals surface area contributed by atoms with Gasteiger partial charge in [-0.1, -0.05) is 6.07 Å². The molecule has 24 heavy (non-hydrogen) atoms. The number of pyridine rings is 1. The third-order valence-electron chi connectivity index (χ3n) is 4.38. The minimum atomic E-state index is 0.563. The van der Waals surface area contributed by atoms with E-state index in [4.69, 9.17) is 0 Å². The predicted molar refractivity (Wildman–Crippen MR) is 90.1 cm³/mol. The van der Waals surface area contributed by atoms with Gasteiger partial charge in [-0.3, -0.25) is 4.40 Å².